The molecule has 1 heterocycles. The molecule has 0 radical (unpaired) electrons. The maximum Gasteiger partial charge on any atom is 0.253 e. The zero-order chi connectivity index (χ0) is 17.1. The molecule has 0 aliphatic carbocycles. The van der Waals surface area contributed by atoms with Gasteiger partial charge >= 0.3 is 0 Å². The Morgan fingerprint density at radius 1 is 1.25 bits per heavy atom. The molecule has 3 rings (SSSR count). The standard InChI is InChI=1S/C19H21N3O2/c1-22-10-9-13-7-8-15(11-16(13)19(22)24)21-18(23)12-17(20)14-5-3-2-4-6-14/h2-8,11,17H,9-10,12,20H2,1H3,(H,21,23). The molecular weight excluding hydrogens is 302 g/mol. The van der Waals surface area contributed by atoms with Crippen LogP contribution < -0.4 is 11.1 Å². The van der Waals surface area contributed by atoms with Gasteiger partial charge in [0.05, 0.1) is 0 Å². The third-order valence-electron chi connectivity index (χ3n) is 4.32. The Bertz CT molecular complexity index is 758. The van der Waals surface area contributed by atoms with E-state index < -0.39 is 0 Å². The van der Waals surface area contributed by atoms with Gasteiger partial charge in [-0.3, -0.25) is 9.59 Å². The summed E-state index contributed by atoms with van der Waals surface area (Å²) < 4.78 is 0. The highest BCUT2D eigenvalue weighted by Crippen LogP contribution is 2.22. The smallest absolute Gasteiger partial charge is 0.253 e. The van der Waals surface area contributed by atoms with E-state index in [-0.39, 0.29) is 24.3 Å². The van der Waals surface area contributed by atoms with Gasteiger partial charge in [0.2, 0.25) is 5.91 Å². The number of carbonyl (C=O) groups excluding carboxylic acids is 2. The van der Waals surface area contributed by atoms with E-state index in [0.717, 1.165) is 24.1 Å². The minimum absolute atomic E-state index is 0.00617. The molecule has 0 bridgehead atoms. The lowest BCUT2D eigenvalue weighted by molar-refractivity contribution is -0.116. The summed E-state index contributed by atoms with van der Waals surface area (Å²) in [7, 11) is 1.79. The second-order valence-electron chi connectivity index (χ2n) is 6.12. The van der Waals surface area contributed by atoms with Crippen LogP contribution in [0.2, 0.25) is 0 Å². The summed E-state index contributed by atoms with van der Waals surface area (Å²) in [5.74, 6) is -0.170. The highest BCUT2D eigenvalue weighted by Gasteiger charge is 2.22. The minimum atomic E-state index is -0.350. The number of nitrogens with zero attached hydrogens (tertiary/aromatic N) is 1. The van der Waals surface area contributed by atoms with Gasteiger partial charge in [0, 0.05) is 37.3 Å². The van der Waals surface area contributed by atoms with Crippen molar-refractivity contribution < 1.29 is 9.59 Å². The van der Waals surface area contributed by atoms with E-state index >= 15 is 0 Å². The van der Waals surface area contributed by atoms with Crippen LogP contribution in [0.3, 0.4) is 0 Å². The first kappa shape index (κ1) is 16.2. The number of hydrogen-bond acceptors (Lipinski definition) is 3. The largest absolute Gasteiger partial charge is 0.341 e. The molecule has 3 N–H and O–H groups in total. The molecule has 1 aliphatic rings. The van der Waals surface area contributed by atoms with Crippen LogP contribution in [0.25, 0.3) is 0 Å². The van der Waals surface area contributed by atoms with Crippen LogP contribution in [-0.2, 0) is 11.2 Å². The zero-order valence-corrected chi connectivity index (χ0v) is 13.7. The van der Waals surface area contributed by atoms with Crippen LogP contribution in [0.1, 0.15) is 33.9 Å². The van der Waals surface area contributed by atoms with Crippen LogP contribution in [0.15, 0.2) is 48.5 Å². The molecule has 0 fully saturated rings. The second-order valence-corrected chi connectivity index (χ2v) is 6.12. The number of nitrogens with two attached hydrogens (primary N) is 1. The van der Waals surface area contributed by atoms with Crippen LogP contribution in [0, 0.1) is 0 Å². The number of anilines is 1. The van der Waals surface area contributed by atoms with E-state index in [9.17, 15) is 9.59 Å². The maximum atomic E-state index is 12.2. The first-order valence-electron chi connectivity index (χ1n) is 8.03. The Morgan fingerprint density at radius 3 is 2.75 bits per heavy atom. The summed E-state index contributed by atoms with van der Waals surface area (Å²) in [6, 6.07) is 14.7. The van der Waals surface area contributed by atoms with E-state index in [1.165, 1.54) is 0 Å². The average Bonchev–Trinajstić information content (AvgIpc) is 2.59. The van der Waals surface area contributed by atoms with Crippen molar-refractivity contribution in [3.05, 3.63) is 65.2 Å². The van der Waals surface area contributed by atoms with E-state index in [1.54, 1.807) is 18.0 Å². The number of benzene rings is 2. The van der Waals surface area contributed by atoms with Crippen molar-refractivity contribution in [3.63, 3.8) is 0 Å². The molecule has 1 unspecified atom stereocenters. The van der Waals surface area contributed by atoms with E-state index in [1.807, 2.05) is 42.5 Å². The quantitative estimate of drug-likeness (QED) is 0.907. The number of nitrogens with one attached hydrogen (secondary N) is 1. The number of rotatable bonds is 4. The van der Waals surface area contributed by atoms with E-state index in [2.05, 4.69) is 5.32 Å². The molecule has 0 spiro atoms. The zero-order valence-electron chi connectivity index (χ0n) is 13.7. The van der Waals surface area contributed by atoms with Gasteiger partial charge < -0.3 is 16.0 Å². The van der Waals surface area contributed by atoms with Crippen molar-refractivity contribution in [3.8, 4) is 0 Å². The molecule has 2 amide bonds. The summed E-state index contributed by atoms with van der Waals surface area (Å²) in [6.45, 7) is 0.726. The number of hydrogen-bond donors (Lipinski definition) is 2. The van der Waals surface area contributed by atoms with Gasteiger partial charge in [-0.05, 0) is 29.7 Å². The molecule has 24 heavy (non-hydrogen) atoms. The van der Waals surface area contributed by atoms with Gasteiger partial charge in [0.15, 0.2) is 0 Å². The Labute approximate surface area is 141 Å². The summed E-state index contributed by atoms with van der Waals surface area (Å²) in [5, 5.41) is 2.84. The van der Waals surface area contributed by atoms with Crippen LogP contribution in [0.5, 0.6) is 0 Å². The minimum Gasteiger partial charge on any atom is -0.341 e. The maximum absolute atomic E-state index is 12.2. The van der Waals surface area contributed by atoms with Crippen molar-refractivity contribution in [2.75, 3.05) is 18.9 Å². The molecular formula is C19H21N3O2. The number of carbonyl (C=O) groups is 2. The molecule has 0 saturated heterocycles. The van der Waals surface area contributed by atoms with Crippen LogP contribution in [0.4, 0.5) is 5.69 Å². The monoisotopic (exact) mass is 323 g/mol. The fourth-order valence-corrected chi connectivity index (χ4v) is 2.90. The third kappa shape index (κ3) is 3.46. The molecule has 0 aromatic heterocycles. The van der Waals surface area contributed by atoms with E-state index in [4.69, 9.17) is 5.73 Å². The summed E-state index contributed by atoms with van der Waals surface area (Å²) >= 11 is 0. The Morgan fingerprint density at radius 2 is 2.00 bits per heavy atom. The molecule has 5 nitrogen and oxygen atoms in total. The van der Waals surface area contributed by atoms with Gasteiger partial charge in [-0.15, -0.1) is 0 Å². The SMILES string of the molecule is CN1CCc2ccc(NC(=O)CC(N)c3ccccc3)cc2C1=O. The molecule has 5 heteroatoms. The second kappa shape index (κ2) is 6.84. The summed E-state index contributed by atoms with van der Waals surface area (Å²) in [4.78, 5) is 26.1. The van der Waals surface area contributed by atoms with Gasteiger partial charge in [0.25, 0.3) is 5.91 Å². The Kier molecular flexibility index (Phi) is 4.62. The Balaban J connectivity index is 1.68. The summed E-state index contributed by atoms with van der Waals surface area (Å²) in [5.41, 5.74) is 9.32. The first-order valence-corrected chi connectivity index (χ1v) is 8.03. The molecule has 0 saturated carbocycles. The summed E-state index contributed by atoms with van der Waals surface area (Å²) in [6.07, 6.45) is 1.03. The Hall–Kier alpha value is -2.66. The third-order valence-corrected chi connectivity index (χ3v) is 4.32. The molecule has 1 atom stereocenters. The van der Waals surface area contributed by atoms with E-state index in [0.29, 0.717) is 11.3 Å². The average molecular weight is 323 g/mol. The van der Waals surface area contributed by atoms with Gasteiger partial charge in [-0.2, -0.15) is 0 Å². The lowest BCUT2D eigenvalue weighted by Gasteiger charge is -2.25. The lowest BCUT2D eigenvalue weighted by Crippen LogP contribution is -2.34. The molecule has 124 valence electrons. The van der Waals surface area contributed by atoms with Gasteiger partial charge in [-0.1, -0.05) is 36.4 Å². The van der Waals surface area contributed by atoms with Crippen molar-refractivity contribution in [2.24, 2.45) is 5.73 Å². The molecule has 2 aromatic rings. The predicted molar refractivity (Wildman–Crippen MR) is 93.7 cm³/mol. The molecule has 2 aromatic carbocycles. The number of fused-ring (bicyclic) bond motifs is 1. The van der Waals surface area contributed by atoms with Crippen molar-refractivity contribution in [1.82, 2.24) is 4.90 Å². The highest BCUT2D eigenvalue weighted by atomic mass is 16.2. The normalized spacial score (nSPS) is 14.9. The fourth-order valence-electron chi connectivity index (χ4n) is 2.90. The van der Waals surface area contributed by atoms with Gasteiger partial charge in [-0.25, -0.2) is 0 Å². The number of amides is 2. The van der Waals surface area contributed by atoms with Crippen molar-refractivity contribution >= 4 is 17.5 Å². The highest BCUT2D eigenvalue weighted by molar-refractivity contribution is 5.99. The van der Waals surface area contributed by atoms with Crippen LogP contribution >= 0.6 is 0 Å². The van der Waals surface area contributed by atoms with Crippen molar-refractivity contribution in [2.45, 2.75) is 18.9 Å². The predicted octanol–water partition coefficient (Wildman–Crippen LogP) is 2.34. The number of likely N-dealkylation sites (N-methyl/N-ethyl adjacent to an activating group) is 1. The first-order chi connectivity index (χ1) is 11.5. The van der Waals surface area contributed by atoms with Crippen LogP contribution in [-0.4, -0.2) is 30.3 Å². The lowest BCUT2D eigenvalue weighted by atomic mass is 9.98. The topological polar surface area (TPSA) is 75.4 Å². The molecule has 1 aliphatic heterocycles. The van der Waals surface area contributed by atoms with Crippen molar-refractivity contribution in [1.29, 1.82) is 0 Å². The van der Waals surface area contributed by atoms with Gasteiger partial charge in [0.1, 0.15) is 0 Å². The fraction of sp³-hybridized carbons (Fsp3) is 0.263.